The highest BCUT2D eigenvalue weighted by Gasteiger charge is 2.37. The van der Waals surface area contributed by atoms with Gasteiger partial charge in [0.05, 0.1) is 13.1 Å². The molecule has 0 aromatic heterocycles. The van der Waals surface area contributed by atoms with Gasteiger partial charge in [-0.15, -0.1) is 6.42 Å². The fraction of sp³-hybridized carbons (Fsp3) is 0.500. The summed E-state index contributed by atoms with van der Waals surface area (Å²) < 4.78 is 24.3. The maximum atomic E-state index is 12.1. The highest BCUT2D eigenvalue weighted by Crippen LogP contribution is 2.10. The summed E-state index contributed by atoms with van der Waals surface area (Å²) in [5.41, 5.74) is 0. The second-order valence-corrected chi connectivity index (χ2v) is 1.82. The van der Waals surface area contributed by atoms with Crippen LogP contribution in [0.3, 0.4) is 0 Å². The molecule has 0 unspecified atom stereocenters. The van der Waals surface area contributed by atoms with Gasteiger partial charge >= 0.3 is 11.9 Å². The Morgan fingerprint density at radius 3 is 2.64 bits per heavy atom. The van der Waals surface area contributed by atoms with Crippen LogP contribution in [-0.2, 0) is 4.79 Å². The van der Waals surface area contributed by atoms with Crippen molar-refractivity contribution in [2.24, 2.45) is 0 Å². The zero-order valence-corrected chi connectivity index (χ0v) is 5.60. The van der Waals surface area contributed by atoms with E-state index < -0.39 is 18.4 Å². The van der Waals surface area contributed by atoms with E-state index in [1.807, 2.05) is 5.92 Å². The standard InChI is InChI=1S/C6H7F2NO2/c1-2-3-9-4-6(7,8)5(10)11/h1,9H,3-4H2,(H,10,11). The average Bonchev–Trinajstić information content (AvgIpc) is 1.88. The van der Waals surface area contributed by atoms with Gasteiger partial charge in [-0.3, -0.25) is 5.32 Å². The smallest absolute Gasteiger partial charge is 0.375 e. The first-order valence-electron chi connectivity index (χ1n) is 2.76. The number of terminal acetylenes is 1. The predicted octanol–water partition coefficient (Wildman–Crippen LogP) is -0.0709. The largest absolute Gasteiger partial charge is 0.477 e. The van der Waals surface area contributed by atoms with Crippen molar-refractivity contribution in [2.45, 2.75) is 5.92 Å². The SMILES string of the molecule is C#CCNCC(F)(F)C(=O)O. The summed E-state index contributed by atoms with van der Waals surface area (Å²) in [4.78, 5) is 9.77. The second-order valence-electron chi connectivity index (χ2n) is 1.82. The van der Waals surface area contributed by atoms with E-state index in [0.29, 0.717) is 0 Å². The molecule has 0 aromatic carbocycles. The molecular weight excluding hydrogens is 156 g/mol. The minimum absolute atomic E-state index is 0.0666. The molecule has 0 bridgehead atoms. The van der Waals surface area contributed by atoms with Crippen LogP contribution < -0.4 is 5.32 Å². The van der Waals surface area contributed by atoms with Gasteiger partial charge in [0, 0.05) is 0 Å². The number of carbonyl (C=O) groups is 1. The van der Waals surface area contributed by atoms with Crippen molar-refractivity contribution < 1.29 is 18.7 Å². The van der Waals surface area contributed by atoms with E-state index in [9.17, 15) is 13.6 Å². The molecule has 3 nitrogen and oxygen atoms in total. The first-order chi connectivity index (χ1) is 5.00. The number of hydrogen-bond donors (Lipinski definition) is 2. The topological polar surface area (TPSA) is 49.3 Å². The van der Waals surface area contributed by atoms with Gasteiger partial charge in [-0.2, -0.15) is 8.78 Å². The summed E-state index contributed by atoms with van der Waals surface area (Å²) in [5, 5.41) is 9.99. The normalized spacial score (nSPS) is 10.6. The van der Waals surface area contributed by atoms with E-state index in [1.54, 1.807) is 0 Å². The summed E-state index contributed by atoms with van der Waals surface area (Å²) in [5.74, 6) is -3.85. The van der Waals surface area contributed by atoms with Gasteiger partial charge in [-0.25, -0.2) is 4.79 Å². The van der Waals surface area contributed by atoms with E-state index in [4.69, 9.17) is 11.5 Å². The fourth-order valence-corrected chi connectivity index (χ4v) is 0.367. The van der Waals surface area contributed by atoms with Crippen LogP contribution in [-0.4, -0.2) is 30.1 Å². The second kappa shape index (κ2) is 3.88. The van der Waals surface area contributed by atoms with Crippen LogP contribution in [0.2, 0.25) is 0 Å². The van der Waals surface area contributed by atoms with Gasteiger partial charge < -0.3 is 5.11 Å². The number of alkyl halides is 2. The van der Waals surface area contributed by atoms with Crippen LogP contribution in [0.5, 0.6) is 0 Å². The number of rotatable bonds is 4. The van der Waals surface area contributed by atoms with E-state index in [0.717, 1.165) is 0 Å². The summed E-state index contributed by atoms with van der Waals surface area (Å²) >= 11 is 0. The number of carboxylic acid groups (broad SMARTS) is 1. The molecule has 0 saturated carbocycles. The molecule has 2 N–H and O–H groups in total. The van der Waals surface area contributed by atoms with Crippen molar-refractivity contribution >= 4 is 5.97 Å². The van der Waals surface area contributed by atoms with Crippen molar-refractivity contribution in [3.05, 3.63) is 0 Å². The molecule has 0 atom stereocenters. The highest BCUT2D eigenvalue weighted by molar-refractivity contribution is 5.75. The molecule has 0 rings (SSSR count). The third kappa shape index (κ3) is 3.53. The highest BCUT2D eigenvalue weighted by atomic mass is 19.3. The molecule has 62 valence electrons. The molecule has 0 radical (unpaired) electrons. The summed E-state index contributed by atoms with van der Waals surface area (Å²) in [6, 6.07) is 0. The van der Waals surface area contributed by atoms with Crippen molar-refractivity contribution in [3.8, 4) is 12.3 Å². The molecule has 0 amide bonds. The third-order valence-electron chi connectivity index (χ3n) is 0.887. The van der Waals surface area contributed by atoms with Gasteiger partial charge in [0.25, 0.3) is 0 Å². The molecule has 11 heavy (non-hydrogen) atoms. The zero-order chi connectivity index (χ0) is 8.91. The number of carboxylic acids is 1. The molecule has 0 spiro atoms. The molecule has 0 saturated heterocycles. The van der Waals surface area contributed by atoms with Gasteiger partial charge in [0.1, 0.15) is 0 Å². The Morgan fingerprint density at radius 1 is 1.73 bits per heavy atom. The zero-order valence-electron chi connectivity index (χ0n) is 5.60. The lowest BCUT2D eigenvalue weighted by Crippen LogP contribution is -2.39. The van der Waals surface area contributed by atoms with Gasteiger partial charge in [-0.05, 0) is 0 Å². The first-order valence-corrected chi connectivity index (χ1v) is 2.76. The molecular formula is C6H7F2NO2. The Hall–Kier alpha value is -1.15. The van der Waals surface area contributed by atoms with E-state index in [1.165, 1.54) is 0 Å². The molecule has 0 fully saturated rings. The van der Waals surface area contributed by atoms with Crippen LogP contribution in [0, 0.1) is 12.3 Å². The predicted molar refractivity (Wildman–Crippen MR) is 34.3 cm³/mol. The molecule has 0 aliphatic rings. The first kappa shape index (κ1) is 9.85. The summed E-state index contributed by atoms with van der Waals surface area (Å²) in [6.45, 7) is -1.00. The number of nitrogens with one attached hydrogen (secondary N) is 1. The number of halogens is 2. The van der Waals surface area contributed by atoms with Crippen molar-refractivity contribution in [3.63, 3.8) is 0 Å². The minimum atomic E-state index is -3.74. The van der Waals surface area contributed by atoms with Crippen LogP contribution >= 0.6 is 0 Å². The molecule has 0 heterocycles. The molecule has 0 aliphatic heterocycles. The van der Waals surface area contributed by atoms with Crippen LogP contribution in [0.1, 0.15) is 0 Å². The van der Waals surface area contributed by atoms with Crippen molar-refractivity contribution in [1.29, 1.82) is 0 Å². The van der Waals surface area contributed by atoms with Crippen LogP contribution in [0.15, 0.2) is 0 Å². The molecule has 0 aliphatic carbocycles. The third-order valence-corrected chi connectivity index (χ3v) is 0.887. The lowest BCUT2D eigenvalue weighted by atomic mass is 10.3. The Labute approximate surface area is 62.4 Å². The monoisotopic (exact) mass is 163 g/mol. The van der Waals surface area contributed by atoms with Crippen LogP contribution in [0.4, 0.5) is 8.78 Å². The Balaban J connectivity index is 3.75. The van der Waals surface area contributed by atoms with Gasteiger partial charge in [0.15, 0.2) is 0 Å². The van der Waals surface area contributed by atoms with Crippen molar-refractivity contribution in [1.82, 2.24) is 5.32 Å². The van der Waals surface area contributed by atoms with E-state index in [2.05, 4.69) is 5.32 Å². The Kier molecular flexibility index (Phi) is 3.48. The van der Waals surface area contributed by atoms with E-state index in [-0.39, 0.29) is 6.54 Å². The molecule has 5 heteroatoms. The van der Waals surface area contributed by atoms with Crippen molar-refractivity contribution in [2.75, 3.05) is 13.1 Å². The summed E-state index contributed by atoms with van der Waals surface area (Å²) in [7, 11) is 0. The lowest BCUT2D eigenvalue weighted by molar-refractivity contribution is -0.163. The maximum Gasteiger partial charge on any atom is 0.375 e. The minimum Gasteiger partial charge on any atom is -0.477 e. The molecule has 0 aromatic rings. The average molecular weight is 163 g/mol. The van der Waals surface area contributed by atoms with Gasteiger partial charge in [-0.1, -0.05) is 5.92 Å². The number of aliphatic carboxylic acids is 1. The lowest BCUT2D eigenvalue weighted by Gasteiger charge is -2.09. The maximum absolute atomic E-state index is 12.1. The quantitative estimate of drug-likeness (QED) is 0.450. The van der Waals surface area contributed by atoms with E-state index >= 15 is 0 Å². The van der Waals surface area contributed by atoms with Crippen LogP contribution in [0.25, 0.3) is 0 Å². The Morgan fingerprint density at radius 2 is 2.27 bits per heavy atom. The number of hydrogen-bond acceptors (Lipinski definition) is 2. The van der Waals surface area contributed by atoms with Gasteiger partial charge in [0.2, 0.25) is 0 Å². The summed E-state index contributed by atoms with van der Waals surface area (Å²) in [6.07, 6.45) is 4.73. The Bertz CT molecular complexity index is 186. The fourth-order valence-electron chi connectivity index (χ4n) is 0.367.